The van der Waals surface area contributed by atoms with Crippen LogP contribution in [0.1, 0.15) is 25.1 Å². The van der Waals surface area contributed by atoms with Crippen LogP contribution in [0.5, 0.6) is 0 Å². The van der Waals surface area contributed by atoms with Crippen molar-refractivity contribution < 1.29 is 9.90 Å². The van der Waals surface area contributed by atoms with Crippen molar-refractivity contribution in [3.63, 3.8) is 0 Å². The first-order chi connectivity index (χ1) is 5.44. The van der Waals surface area contributed by atoms with Crippen LogP contribution in [0, 0.1) is 6.92 Å². The third kappa shape index (κ3) is 1.35. The van der Waals surface area contributed by atoms with Crippen LogP contribution in [0.15, 0.2) is 12.3 Å². The lowest BCUT2D eigenvalue weighted by molar-refractivity contribution is -0.142. The van der Waals surface area contributed by atoms with Crippen LogP contribution < -0.4 is 0 Å². The predicted molar refractivity (Wildman–Crippen MR) is 46.2 cm³/mol. The summed E-state index contributed by atoms with van der Waals surface area (Å²) < 4.78 is 0. The fourth-order valence-electron chi connectivity index (χ4n) is 0.979. The Morgan fingerprint density at radius 2 is 2.17 bits per heavy atom. The van der Waals surface area contributed by atoms with Crippen molar-refractivity contribution in [3.05, 3.63) is 23.5 Å². The average molecular weight is 167 g/mol. The van der Waals surface area contributed by atoms with Crippen LogP contribution in [-0.4, -0.2) is 16.1 Å². The first kappa shape index (κ1) is 8.84. The summed E-state index contributed by atoms with van der Waals surface area (Å²) >= 11 is 0. The summed E-state index contributed by atoms with van der Waals surface area (Å²) in [6, 6.07) is 1.86. The Labute approximate surface area is 71.4 Å². The minimum atomic E-state index is -0.825. The number of aliphatic carboxylic acids is 1. The summed E-state index contributed by atoms with van der Waals surface area (Å²) in [5.74, 6) is -0.815. The van der Waals surface area contributed by atoms with Gasteiger partial charge in [-0.2, -0.15) is 0 Å². The number of hydrogen-bond acceptors (Lipinski definition) is 1. The van der Waals surface area contributed by atoms with Crippen LogP contribution in [-0.2, 0) is 10.2 Å². The molecule has 1 rings (SSSR count). The lowest BCUT2D eigenvalue weighted by atomic mass is 9.89. The van der Waals surface area contributed by atoms with Gasteiger partial charge in [-0.3, -0.25) is 4.79 Å². The number of H-pyrrole nitrogens is 1. The van der Waals surface area contributed by atoms with E-state index in [1.807, 2.05) is 13.0 Å². The Morgan fingerprint density at radius 1 is 1.58 bits per heavy atom. The molecule has 66 valence electrons. The molecule has 0 fully saturated rings. The fraction of sp³-hybridized carbons (Fsp3) is 0.444. The number of nitrogens with one attached hydrogen (secondary N) is 1. The molecule has 0 amide bonds. The number of carboxylic acid groups (broad SMARTS) is 1. The van der Waals surface area contributed by atoms with Gasteiger partial charge in [-0.25, -0.2) is 0 Å². The molecule has 3 heteroatoms. The van der Waals surface area contributed by atoms with E-state index < -0.39 is 11.4 Å². The third-order valence-corrected chi connectivity index (χ3v) is 2.04. The Kier molecular flexibility index (Phi) is 1.96. The molecule has 0 saturated heterocycles. The zero-order chi connectivity index (χ0) is 9.35. The third-order valence-electron chi connectivity index (χ3n) is 2.04. The van der Waals surface area contributed by atoms with Gasteiger partial charge in [-0.1, -0.05) is 0 Å². The van der Waals surface area contributed by atoms with E-state index in [-0.39, 0.29) is 0 Å². The minimum absolute atomic E-state index is 0.743. The number of carbonyl (C=O) groups is 1. The highest BCUT2D eigenvalue weighted by atomic mass is 16.4. The van der Waals surface area contributed by atoms with Crippen molar-refractivity contribution in [1.82, 2.24) is 4.98 Å². The molecule has 0 unspecified atom stereocenters. The van der Waals surface area contributed by atoms with Gasteiger partial charge >= 0.3 is 5.97 Å². The number of hydrogen-bond donors (Lipinski definition) is 2. The largest absolute Gasteiger partial charge is 0.481 e. The van der Waals surface area contributed by atoms with Crippen LogP contribution in [0.4, 0.5) is 0 Å². The Bertz CT molecular complexity index is 299. The molecule has 12 heavy (non-hydrogen) atoms. The summed E-state index contributed by atoms with van der Waals surface area (Å²) in [7, 11) is 0. The Balaban J connectivity index is 3.05. The second kappa shape index (κ2) is 2.66. The second-order valence-corrected chi connectivity index (χ2v) is 3.52. The molecule has 0 aliphatic heterocycles. The molecule has 2 N–H and O–H groups in total. The van der Waals surface area contributed by atoms with E-state index in [2.05, 4.69) is 4.98 Å². The van der Waals surface area contributed by atoms with Gasteiger partial charge < -0.3 is 10.1 Å². The van der Waals surface area contributed by atoms with Gasteiger partial charge in [-0.05, 0) is 32.4 Å². The van der Waals surface area contributed by atoms with Crippen LogP contribution in [0.2, 0.25) is 0 Å². The van der Waals surface area contributed by atoms with Gasteiger partial charge in [0.1, 0.15) is 5.41 Å². The maximum absolute atomic E-state index is 10.8. The predicted octanol–water partition coefficient (Wildman–Crippen LogP) is 1.69. The summed E-state index contributed by atoms with van der Waals surface area (Å²) in [5, 5.41) is 8.88. The standard InChI is InChI=1S/C9H13NO2/c1-6-4-7(10-5-6)9(2,3)8(11)12/h4-5,10H,1-3H3,(H,11,12). The van der Waals surface area contributed by atoms with Crippen molar-refractivity contribution in [2.24, 2.45) is 0 Å². The molecule has 0 atom stereocenters. The molecular weight excluding hydrogens is 154 g/mol. The second-order valence-electron chi connectivity index (χ2n) is 3.52. The SMILES string of the molecule is Cc1c[nH]c(C(C)(C)C(=O)O)c1. The average Bonchev–Trinajstić information content (AvgIpc) is 2.35. The first-order valence-electron chi connectivity index (χ1n) is 3.83. The lowest BCUT2D eigenvalue weighted by Crippen LogP contribution is -2.28. The Morgan fingerprint density at radius 3 is 2.50 bits per heavy atom. The quantitative estimate of drug-likeness (QED) is 0.704. The molecule has 1 heterocycles. The highest BCUT2D eigenvalue weighted by Crippen LogP contribution is 2.22. The zero-order valence-corrected chi connectivity index (χ0v) is 7.51. The lowest BCUT2D eigenvalue weighted by Gasteiger charge is -2.16. The fourth-order valence-corrected chi connectivity index (χ4v) is 0.979. The molecule has 3 nitrogen and oxygen atoms in total. The normalized spacial score (nSPS) is 11.6. The molecular formula is C9H13NO2. The maximum Gasteiger partial charge on any atom is 0.315 e. The van der Waals surface area contributed by atoms with Crippen LogP contribution >= 0.6 is 0 Å². The molecule has 0 bridgehead atoms. The number of aryl methyl sites for hydroxylation is 1. The van der Waals surface area contributed by atoms with E-state index in [1.54, 1.807) is 20.0 Å². The van der Waals surface area contributed by atoms with Crippen molar-refractivity contribution >= 4 is 5.97 Å². The highest BCUT2D eigenvalue weighted by molar-refractivity contribution is 5.79. The van der Waals surface area contributed by atoms with Crippen molar-refractivity contribution in [3.8, 4) is 0 Å². The van der Waals surface area contributed by atoms with E-state index in [1.165, 1.54) is 0 Å². The summed E-state index contributed by atoms with van der Waals surface area (Å²) in [6.45, 7) is 5.29. The topological polar surface area (TPSA) is 53.1 Å². The summed E-state index contributed by atoms with van der Waals surface area (Å²) in [5.41, 5.74) is 0.973. The highest BCUT2D eigenvalue weighted by Gasteiger charge is 2.30. The number of rotatable bonds is 2. The zero-order valence-electron chi connectivity index (χ0n) is 7.51. The molecule has 0 aliphatic carbocycles. The maximum atomic E-state index is 10.8. The van der Waals surface area contributed by atoms with Gasteiger partial charge in [0.15, 0.2) is 0 Å². The molecule has 0 aromatic carbocycles. The number of aromatic amines is 1. The van der Waals surface area contributed by atoms with Crippen LogP contribution in [0.3, 0.4) is 0 Å². The summed E-state index contributed by atoms with van der Waals surface area (Å²) in [4.78, 5) is 13.8. The van der Waals surface area contributed by atoms with Gasteiger partial charge in [0.25, 0.3) is 0 Å². The monoisotopic (exact) mass is 167 g/mol. The summed E-state index contributed by atoms with van der Waals surface area (Å²) in [6.07, 6.45) is 1.81. The molecule has 1 aromatic rings. The van der Waals surface area contributed by atoms with E-state index >= 15 is 0 Å². The molecule has 1 aromatic heterocycles. The van der Waals surface area contributed by atoms with Crippen LogP contribution in [0.25, 0.3) is 0 Å². The molecule has 0 radical (unpaired) electrons. The van der Waals surface area contributed by atoms with Crippen molar-refractivity contribution in [2.45, 2.75) is 26.2 Å². The smallest absolute Gasteiger partial charge is 0.315 e. The first-order valence-corrected chi connectivity index (χ1v) is 3.83. The molecule has 0 spiro atoms. The van der Waals surface area contributed by atoms with E-state index in [0.29, 0.717) is 0 Å². The van der Waals surface area contributed by atoms with Gasteiger partial charge in [0.2, 0.25) is 0 Å². The van der Waals surface area contributed by atoms with Crippen molar-refractivity contribution in [1.29, 1.82) is 0 Å². The Hall–Kier alpha value is -1.25. The van der Waals surface area contributed by atoms with Gasteiger partial charge in [0.05, 0.1) is 0 Å². The van der Waals surface area contributed by atoms with E-state index in [9.17, 15) is 4.79 Å². The van der Waals surface area contributed by atoms with Crippen molar-refractivity contribution in [2.75, 3.05) is 0 Å². The minimum Gasteiger partial charge on any atom is -0.481 e. The van der Waals surface area contributed by atoms with E-state index in [4.69, 9.17) is 5.11 Å². The van der Waals surface area contributed by atoms with Gasteiger partial charge in [0, 0.05) is 11.9 Å². The van der Waals surface area contributed by atoms with E-state index in [0.717, 1.165) is 11.3 Å². The number of aromatic nitrogens is 1. The molecule has 0 aliphatic rings. The van der Waals surface area contributed by atoms with Gasteiger partial charge in [-0.15, -0.1) is 0 Å². The number of carboxylic acids is 1. The molecule has 0 saturated carbocycles.